The highest BCUT2D eigenvalue weighted by Gasteiger charge is 2.25. The van der Waals surface area contributed by atoms with Crippen molar-refractivity contribution in [2.45, 2.75) is 77.8 Å². The third-order valence-electron chi connectivity index (χ3n) is 4.57. The van der Waals surface area contributed by atoms with E-state index in [0.29, 0.717) is 0 Å². The molecule has 0 aromatic rings. The summed E-state index contributed by atoms with van der Waals surface area (Å²) in [6, 6.07) is 1.57. The second-order valence-corrected chi connectivity index (χ2v) is 6.23. The largest absolute Gasteiger partial charge is 0.315 e. The van der Waals surface area contributed by atoms with Crippen LogP contribution in [0.1, 0.15) is 65.7 Å². The maximum absolute atomic E-state index is 3.61. The van der Waals surface area contributed by atoms with E-state index in [1.807, 2.05) is 0 Å². The van der Waals surface area contributed by atoms with Crippen molar-refractivity contribution in [3.05, 3.63) is 0 Å². The van der Waals surface area contributed by atoms with E-state index in [1.54, 1.807) is 0 Å². The van der Waals surface area contributed by atoms with Crippen molar-refractivity contribution in [3.63, 3.8) is 0 Å². The predicted molar refractivity (Wildman–Crippen MR) is 81.0 cm³/mol. The van der Waals surface area contributed by atoms with E-state index in [2.05, 4.69) is 38.0 Å². The average Bonchev–Trinajstić information content (AvgIpc) is 2.38. The van der Waals surface area contributed by atoms with Crippen molar-refractivity contribution in [1.82, 2.24) is 10.2 Å². The quantitative estimate of drug-likeness (QED) is 0.665. The number of likely N-dealkylation sites (N-methyl/N-ethyl adjacent to an activating group) is 1. The Hall–Kier alpha value is -0.0800. The van der Waals surface area contributed by atoms with E-state index in [1.165, 1.54) is 51.5 Å². The number of rotatable bonds is 8. The smallest absolute Gasteiger partial charge is 0.0220 e. The molecule has 0 heterocycles. The molecule has 2 heteroatoms. The highest BCUT2D eigenvalue weighted by molar-refractivity contribution is 4.82. The Balaban J connectivity index is 2.39. The Morgan fingerprint density at radius 2 is 1.78 bits per heavy atom. The Morgan fingerprint density at radius 3 is 2.33 bits per heavy atom. The van der Waals surface area contributed by atoms with Gasteiger partial charge >= 0.3 is 0 Å². The van der Waals surface area contributed by atoms with Crippen molar-refractivity contribution in [2.24, 2.45) is 5.92 Å². The van der Waals surface area contributed by atoms with Gasteiger partial charge in [0.2, 0.25) is 0 Å². The second kappa shape index (κ2) is 8.92. The van der Waals surface area contributed by atoms with Gasteiger partial charge in [-0.25, -0.2) is 0 Å². The van der Waals surface area contributed by atoms with E-state index < -0.39 is 0 Å². The molecule has 0 bridgehead atoms. The molecule has 0 aromatic heterocycles. The molecule has 1 N–H and O–H groups in total. The lowest BCUT2D eigenvalue weighted by atomic mass is 9.86. The van der Waals surface area contributed by atoms with Crippen LogP contribution >= 0.6 is 0 Å². The molecule has 0 amide bonds. The normalized spacial score (nSPS) is 26.5. The van der Waals surface area contributed by atoms with Gasteiger partial charge in [0.15, 0.2) is 0 Å². The van der Waals surface area contributed by atoms with E-state index in [9.17, 15) is 0 Å². The molecule has 1 aliphatic rings. The van der Waals surface area contributed by atoms with Gasteiger partial charge in [-0.2, -0.15) is 0 Å². The molecule has 1 fully saturated rings. The van der Waals surface area contributed by atoms with E-state index in [4.69, 9.17) is 0 Å². The molecule has 1 rings (SSSR count). The van der Waals surface area contributed by atoms with Crippen LogP contribution in [-0.2, 0) is 0 Å². The maximum atomic E-state index is 3.61. The molecule has 1 aliphatic carbocycles. The van der Waals surface area contributed by atoms with Gasteiger partial charge in [0, 0.05) is 18.6 Å². The molecule has 0 aromatic carbocycles. The van der Waals surface area contributed by atoms with Crippen LogP contribution in [0.15, 0.2) is 0 Å². The van der Waals surface area contributed by atoms with Gasteiger partial charge in [0.25, 0.3) is 0 Å². The summed E-state index contributed by atoms with van der Waals surface area (Å²) >= 11 is 0. The van der Waals surface area contributed by atoms with E-state index in [-0.39, 0.29) is 0 Å². The molecule has 1 unspecified atom stereocenters. The number of hydrogen-bond donors (Lipinski definition) is 1. The summed E-state index contributed by atoms with van der Waals surface area (Å²) in [6.07, 6.45) is 9.54. The minimum absolute atomic E-state index is 0.736. The summed E-state index contributed by atoms with van der Waals surface area (Å²) in [7, 11) is 2.36. The first-order valence-electron chi connectivity index (χ1n) is 8.11. The third kappa shape index (κ3) is 5.27. The van der Waals surface area contributed by atoms with Gasteiger partial charge in [-0.1, -0.05) is 27.2 Å². The van der Waals surface area contributed by atoms with Gasteiger partial charge in [-0.3, -0.25) is 4.90 Å². The molecule has 1 atom stereocenters. The highest BCUT2D eigenvalue weighted by Crippen LogP contribution is 2.27. The predicted octanol–water partition coefficient (Wildman–Crippen LogP) is 3.67. The minimum atomic E-state index is 0.736. The molecular weight excluding hydrogens is 220 g/mol. The number of nitrogens with zero attached hydrogens (tertiary/aromatic N) is 1. The SMILES string of the molecule is CCCNCC(CCC)N(C)C1CCC(C)CC1. The van der Waals surface area contributed by atoms with Crippen LogP contribution in [0.25, 0.3) is 0 Å². The standard InChI is InChI=1S/C16H34N2/c1-5-7-16(13-17-12-6-2)18(4)15-10-8-14(3)9-11-15/h14-17H,5-13H2,1-4H3. The van der Waals surface area contributed by atoms with Crippen LogP contribution in [0.2, 0.25) is 0 Å². The summed E-state index contributed by atoms with van der Waals surface area (Å²) < 4.78 is 0. The van der Waals surface area contributed by atoms with Crippen LogP contribution in [0.3, 0.4) is 0 Å². The summed E-state index contributed by atoms with van der Waals surface area (Å²) in [6.45, 7) is 9.29. The number of nitrogens with one attached hydrogen (secondary N) is 1. The zero-order valence-electron chi connectivity index (χ0n) is 13.0. The van der Waals surface area contributed by atoms with Crippen LogP contribution in [0, 0.1) is 5.92 Å². The monoisotopic (exact) mass is 254 g/mol. The molecule has 108 valence electrons. The molecule has 0 saturated heterocycles. The van der Waals surface area contributed by atoms with Crippen molar-refractivity contribution in [1.29, 1.82) is 0 Å². The Kier molecular flexibility index (Phi) is 7.92. The molecule has 0 radical (unpaired) electrons. The van der Waals surface area contributed by atoms with Crippen molar-refractivity contribution in [3.8, 4) is 0 Å². The highest BCUT2D eigenvalue weighted by atomic mass is 15.2. The zero-order valence-corrected chi connectivity index (χ0v) is 13.0. The fraction of sp³-hybridized carbons (Fsp3) is 1.00. The number of hydrogen-bond acceptors (Lipinski definition) is 2. The maximum Gasteiger partial charge on any atom is 0.0220 e. The van der Waals surface area contributed by atoms with E-state index >= 15 is 0 Å². The summed E-state index contributed by atoms with van der Waals surface area (Å²) in [5.41, 5.74) is 0. The molecule has 0 aliphatic heterocycles. The van der Waals surface area contributed by atoms with Crippen LogP contribution in [0.5, 0.6) is 0 Å². The van der Waals surface area contributed by atoms with Gasteiger partial charge < -0.3 is 5.32 Å². The van der Waals surface area contributed by atoms with E-state index in [0.717, 1.165) is 24.5 Å². The van der Waals surface area contributed by atoms with Crippen LogP contribution in [-0.4, -0.2) is 37.1 Å². The summed E-state index contributed by atoms with van der Waals surface area (Å²) in [5.74, 6) is 0.956. The zero-order chi connectivity index (χ0) is 13.4. The first-order valence-corrected chi connectivity index (χ1v) is 8.11. The Morgan fingerprint density at radius 1 is 1.11 bits per heavy atom. The van der Waals surface area contributed by atoms with Crippen molar-refractivity contribution < 1.29 is 0 Å². The third-order valence-corrected chi connectivity index (χ3v) is 4.57. The molecule has 1 saturated carbocycles. The van der Waals surface area contributed by atoms with Crippen molar-refractivity contribution in [2.75, 3.05) is 20.1 Å². The summed E-state index contributed by atoms with van der Waals surface area (Å²) in [5, 5.41) is 3.61. The Labute approximate surface area is 115 Å². The lowest BCUT2D eigenvalue weighted by Gasteiger charge is -2.38. The van der Waals surface area contributed by atoms with Gasteiger partial charge in [-0.15, -0.1) is 0 Å². The fourth-order valence-corrected chi connectivity index (χ4v) is 3.18. The molecular formula is C16H34N2. The van der Waals surface area contributed by atoms with Crippen LogP contribution < -0.4 is 5.32 Å². The molecule has 18 heavy (non-hydrogen) atoms. The lowest BCUT2D eigenvalue weighted by Crippen LogP contribution is -2.46. The molecule has 2 nitrogen and oxygen atoms in total. The molecule has 0 spiro atoms. The van der Waals surface area contributed by atoms with Crippen LogP contribution in [0.4, 0.5) is 0 Å². The second-order valence-electron chi connectivity index (χ2n) is 6.23. The first kappa shape index (κ1) is 16.0. The first-order chi connectivity index (χ1) is 8.69. The van der Waals surface area contributed by atoms with Gasteiger partial charge in [0.1, 0.15) is 0 Å². The van der Waals surface area contributed by atoms with Gasteiger partial charge in [-0.05, 0) is 58.0 Å². The Bertz CT molecular complexity index is 197. The fourth-order valence-electron chi connectivity index (χ4n) is 3.18. The van der Waals surface area contributed by atoms with Crippen molar-refractivity contribution >= 4 is 0 Å². The minimum Gasteiger partial charge on any atom is -0.315 e. The summed E-state index contributed by atoms with van der Waals surface area (Å²) in [4.78, 5) is 2.68. The van der Waals surface area contributed by atoms with Gasteiger partial charge in [0.05, 0.1) is 0 Å². The topological polar surface area (TPSA) is 15.3 Å². The average molecular weight is 254 g/mol. The lowest BCUT2D eigenvalue weighted by molar-refractivity contribution is 0.116.